The summed E-state index contributed by atoms with van der Waals surface area (Å²) in [5.74, 6) is 1.22. The number of halogens is 1. The van der Waals surface area contributed by atoms with Crippen molar-refractivity contribution in [3.63, 3.8) is 0 Å². The monoisotopic (exact) mass is 403 g/mol. The van der Waals surface area contributed by atoms with Crippen LogP contribution in [0.4, 0.5) is 5.69 Å². The molecule has 0 aromatic heterocycles. The van der Waals surface area contributed by atoms with E-state index in [1.807, 2.05) is 25.1 Å². The predicted molar refractivity (Wildman–Crippen MR) is 108 cm³/mol. The van der Waals surface area contributed by atoms with Crippen LogP contribution in [0, 0.1) is 6.92 Å². The van der Waals surface area contributed by atoms with E-state index in [9.17, 15) is 4.79 Å². The minimum Gasteiger partial charge on any atom is -0.484 e. The van der Waals surface area contributed by atoms with Gasteiger partial charge in [0.25, 0.3) is 5.91 Å². The molecule has 25 heavy (non-hydrogen) atoms. The van der Waals surface area contributed by atoms with E-state index in [0.29, 0.717) is 17.6 Å². The molecule has 2 aromatic carbocycles. The molecule has 1 amide bonds. The van der Waals surface area contributed by atoms with Crippen LogP contribution < -0.4 is 10.1 Å². The molecule has 2 aromatic rings. The molecule has 0 aliphatic heterocycles. The summed E-state index contributed by atoms with van der Waals surface area (Å²) >= 11 is 3.46. The third kappa shape index (κ3) is 5.08. The van der Waals surface area contributed by atoms with Crippen molar-refractivity contribution >= 4 is 27.5 Å². The molecule has 2 rings (SSSR count). The molecular formula is C21H26BrNO2. The fraction of sp³-hybridized carbons (Fsp3) is 0.381. The number of amides is 1. The largest absolute Gasteiger partial charge is 0.484 e. The minimum absolute atomic E-state index is 0.00889. The van der Waals surface area contributed by atoms with Crippen LogP contribution in [-0.4, -0.2) is 12.5 Å². The van der Waals surface area contributed by atoms with E-state index in [2.05, 4.69) is 67.1 Å². The molecule has 0 unspecified atom stereocenters. The van der Waals surface area contributed by atoms with Gasteiger partial charge in [-0.15, -0.1) is 0 Å². The van der Waals surface area contributed by atoms with Crippen LogP contribution in [-0.2, 0) is 4.79 Å². The van der Waals surface area contributed by atoms with Crippen molar-refractivity contribution in [2.24, 2.45) is 0 Å². The van der Waals surface area contributed by atoms with Crippen molar-refractivity contribution in [2.45, 2.75) is 46.5 Å². The average molecular weight is 404 g/mol. The van der Waals surface area contributed by atoms with Crippen molar-refractivity contribution in [3.8, 4) is 5.75 Å². The third-order valence-electron chi connectivity index (χ3n) is 4.14. The Kier molecular flexibility index (Phi) is 6.65. The number of ether oxygens (including phenoxy) is 1. The fourth-order valence-electron chi connectivity index (χ4n) is 2.73. The quantitative estimate of drug-likeness (QED) is 0.639. The summed E-state index contributed by atoms with van der Waals surface area (Å²) in [6.07, 6.45) is 0. The van der Waals surface area contributed by atoms with Crippen molar-refractivity contribution in [3.05, 3.63) is 57.6 Å². The Morgan fingerprint density at radius 3 is 2.20 bits per heavy atom. The topological polar surface area (TPSA) is 38.3 Å². The summed E-state index contributed by atoms with van der Waals surface area (Å²) in [7, 11) is 0. The van der Waals surface area contributed by atoms with Gasteiger partial charge in [-0.3, -0.25) is 4.79 Å². The van der Waals surface area contributed by atoms with Gasteiger partial charge < -0.3 is 10.1 Å². The van der Waals surface area contributed by atoms with Gasteiger partial charge in [-0.25, -0.2) is 0 Å². The smallest absolute Gasteiger partial charge is 0.262 e. The molecule has 1 N–H and O–H groups in total. The lowest BCUT2D eigenvalue weighted by Crippen LogP contribution is -2.22. The van der Waals surface area contributed by atoms with Crippen LogP contribution in [0.3, 0.4) is 0 Å². The highest BCUT2D eigenvalue weighted by Crippen LogP contribution is 2.32. The molecule has 3 nitrogen and oxygen atoms in total. The number of hydrogen-bond acceptors (Lipinski definition) is 2. The highest BCUT2D eigenvalue weighted by atomic mass is 79.9. The van der Waals surface area contributed by atoms with E-state index < -0.39 is 0 Å². The molecule has 0 bridgehead atoms. The van der Waals surface area contributed by atoms with E-state index in [4.69, 9.17) is 4.74 Å². The summed E-state index contributed by atoms with van der Waals surface area (Å²) in [4.78, 5) is 12.4. The molecule has 0 heterocycles. The lowest BCUT2D eigenvalue weighted by Gasteiger charge is -2.20. The number of benzene rings is 2. The molecule has 0 saturated heterocycles. The van der Waals surface area contributed by atoms with Gasteiger partial charge in [-0.2, -0.15) is 0 Å². The van der Waals surface area contributed by atoms with Crippen molar-refractivity contribution in [1.29, 1.82) is 0 Å². The van der Waals surface area contributed by atoms with Crippen LogP contribution in [0.25, 0.3) is 0 Å². The van der Waals surface area contributed by atoms with Gasteiger partial charge in [0.2, 0.25) is 0 Å². The number of carbonyl (C=O) groups is 1. The van der Waals surface area contributed by atoms with E-state index in [1.54, 1.807) is 0 Å². The zero-order chi connectivity index (χ0) is 18.6. The van der Waals surface area contributed by atoms with E-state index in [-0.39, 0.29) is 12.5 Å². The van der Waals surface area contributed by atoms with Crippen molar-refractivity contribution in [1.82, 2.24) is 0 Å². The van der Waals surface area contributed by atoms with E-state index >= 15 is 0 Å². The zero-order valence-electron chi connectivity index (χ0n) is 15.5. The number of hydrogen-bond donors (Lipinski definition) is 1. The Morgan fingerprint density at radius 2 is 1.68 bits per heavy atom. The standard InChI is InChI=1S/C21H26BrNO2/c1-13(2)17-7-6-8-18(14(3)4)21(17)23-20(24)12-25-16-9-10-19(22)15(5)11-16/h6-11,13-14H,12H2,1-5H3,(H,23,24). The number of para-hydroxylation sites is 1. The lowest BCUT2D eigenvalue weighted by molar-refractivity contribution is -0.118. The van der Waals surface area contributed by atoms with E-state index in [0.717, 1.165) is 26.9 Å². The highest BCUT2D eigenvalue weighted by molar-refractivity contribution is 9.10. The summed E-state index contributed by atoms with van der Waals surface area (Å²) in [6.45, 7) is 10.5. The Hall–Kier alpha value is -1.81. The number of anilines is 1. The van der Waals surface area contributed by atoms with Gasteiger partial charge in [-0.05, 0) is 53.6 Å². The molecule has 0 fully saturated rings. The maximum atomic E-state index is 12.4. The minimum atomic E-state index is -0.143. The van der Waals surface area contributed by atoms with Gasteiger partial charge in [0, 0.05) is 10.2 Å². The van der Waals surface area contributed by atoms with Gasteiger partial charge >= 0.3 is 0 Å². The summed E-state index contributed by atoms with van der Waals surface area (Å²) in [5, 5.41) is 3.06. The first-order valence-electron chi connectivity index (χ1n) is 8.61. The summed E-state index contributed by atoms with van der Waals surface area (Å²) in [6, 6.07) is 11.9. The van der Waals surface area contributed by atoms with E-state index in [1.165, 1.54) is 0 Å². The Bertz CT molecular complexity index is 727. The first-order valence-corrected chi connectivity index (χ1v) is 9.40. The summed E-state index contributed by atoms with van der Waals surface area (Å²) in [5.41, 5.74) is 4.30. The maximum Gasteiger partial charge on any atom is 0.262 e. The molecule has 0 spiro atoms. The predicted octanol–water partition coefficient (Wildman–Crippen LogP) is 6.02. The fourth-order valence-corrected chi connectivity index (χ4v) is 2.97. The van der Waals surface area contributed by atoms with Crippen molar-refractivity contribution < 1.29 is 9.53 Å². The Balaban J connectivity index is 2.13. The van der Waals surface area contributed by atoms with Gasteiger partial charge in [-0.1, -0.05) is 61.8 Å². The van der Waals surface area contributed by atoms with Crippen LogP contribution in [0.1, 0.15) is 56.2 Å². The van der Waals surface area contributed by atoms with Crippen LogP contribution in [0.15, 0.2) is 40.9 Å². The molecule has 0 atom stereocenters. The molecular weight excluding hydrogens is 378 g/mol. The second kappa shape index (κ2) is 8.52. The van der Waals surface area contributed by atoms with Crippen molar-refractivity contribution in [2.75, 3.05) is 11.9 Å². The second-order valence-corrected chi connectivity index (χ2v) is 7.72. The SMILES string of the molecule is Cc1cc(OCC(=O)Nc2c(C(C)C)cccc2C(C)C)ccc1Br. The molecule has 0 saturated carbocycles. The number of nitrogens with one attached hydrogen (secondary N) is 1. The lowest BCUT2D eigenvalue weighted by atomic mass is 9.92. The summed E-state index contributed by atoms with van der Waals surface area (Å²) < 4.78 is 6.67. The zero-order valence-corrected chi connectivity index (χ0v) is 17.1. The molecule has 0 aliphatic carbocycles. The number of rotatable bonds is 6. The maximum absolute atomic E-state index is 12.4. The first-order chi connectivity index (χ1) is 11.8. The van der Waals surface area contributed by atoms with Crippen LogP contribution >= 0.6 is 15.9 Å². The van der Waals surface area contributed by atoms with Crippen LogP contribution in [0.2, 0.25) is 0 Å². The van der Waals surface area contributed by atoms with Gasteiger partial charge in [0.15, 0.2) is 6.61 Å². The highest BCUT2D eigenvalue weighted by Gasteiger charge is 2.16. The normalized spacial score (nSPS) is 11.0. The molecule has 4 heteroatoms. The third-order valence-corrected chi connectivity index (χ3v) is 5.03. The van der Waals surface area contributed by atoms with Gasteiger partial charge in [0.1, 0.15) is 5.75 Å². The average Bonchev–Trinajstić information content (AvgIpc) is 2.55. The molecule has 0 aliphatic rings. The second-order valence-electron chi connectivity index (χ2n) is 6.87. The first kappa shape index (κ1) is 19.5. The Morgan fingerprint density at radius 1 is 1.08 bits per heavy atom. The number of carbonyl (C=O) groups excluding carboxylic acids is 1. The molecule has 0 radical (unpaired) electrons. The van der Waals surface area contributed by atoms with Gasteiger partial charge in [0.05, 0.1) is 0 Å². The number of aryl methyl sites for hydroxylation is 1. The Labute approximate surface area is 158 Å². The molecule has 134 valence electrons. The van der Waals surface area contributed by atoms with Crippen LogP contribution in [0.5, 0.6) is 5.75 Å².